The molecule has 2 saturated heterocycles. The summed E-state index contributed by atoms with van der Waals surface area (Å²) in [5.41, 5.74) is 2.34. The summed E-state index contributed by atoms with van der Waals surface area (Å²) in [6.07, 6.45) is 6.39. The number of nitrogens with zero attached hydrogens (tertiary/aromatic N) is 2. The van der Waals surface area contributed by atoms with E-state index in [0.717, 1.165) is 45.1 Å². The Bertz CT molecular complexity index is 448. The third kappa shape index (κ3) is 6.09. The Kier molecular flexibility index (Phi) is 7.79. The van der Waals surface area contributed by atoms with Gasteiger partial charge in [0, 0.05) is 39.5 Å². The molecule has 1 aromatic heterocycles. The SMILES string of the molecule is CC.Cc1cncc(NC2CCN(CC3COCCO3)CC2)c1.[HH]. The van der Waals surface area contributed by atoms with E-state index in [1.54, 1.807) is 0 Å². The quantitative estimate of drug-likeness (QED) is 0.923. The minimum atomic E-state index is 0. The van der Waals surface area contributed by atoms with Crippen molar-refractivity contribution in [2.24, 2.45) is 0 Å². The van der Waals surface area contributed by atoms with Crippen LogP contribution in [0.1, 0.15) is 33.7 Å². The molecule has 0 spiro atoms. The van der Waals surface area contributed by atoms with Crippen LogP contribution in [0.15, 0.2) is 18.5 Å². The van der Waals surface area contributed by atoms with Crippen molar-refractivity contribution in [2.75, 3.05) is 44.8 Å². The summed E-state index contributed by atoms with van der Waals surface area (Å²) in [6.45, 7) is 11.5. The number of hydrogen-bond acceptors (Lipinski definition) is 5. The summed E-state index contributed by atoms with van der Waals surface area (Å²) in [5, 5.41) is 3.60. The van der Waals surface area contributed by atoms with E-state index >= 15 is 0 Å². The number of rotatable bonds is 4. The van der Waals surface area contributed by atoms with Gasteiger partial charge in [0.15, 0.2) is 0 Å². The van der Waals surface area contributed by atoms with E-state index in [9.17, 15) is 0 Å². The first-order valence-corrected chi connectivity index (χ1v) is 8.89. The molecule has 1 N–H and O–H groups in total. The maximum atomic E-state index is 5.73. The molecule has 3 heterocycles. The van der Waals surface area contributed by atoms with Crippen LogP contribution in [0, 0.1) is 6.92 Å². The van der Waals surface area contributed by atoms with Gasteiger partial charge in [-0.25, -0.2) is 0 Å². The minimum absolute atomic E-state index is 0. The lowest BCUT2D eigenvalue weighted by Gasteiger charge is -2.35. The van der Waals surface area contributed by atoms with Crippen molar-refractivity contribution in [2.45, 2.75) is 45.8 Å². The van der Waals surface area contributed by atoms with Gasteiger partial charge in [0.25, 0.3) is 0 Å². The second-order valence-electron chi connectivity index (χ2n) is 6.04. The average molecular weight is 323 g/mol. The van der Waals surface area contributed by atoms with E-state index in [-0.39, 0.29) is 7.53 Å². The van der Waals surface area contributed by atoms with Crippen molar-refractivity contribution < 1.29 is 10.9 Å². The van der Waals surface area contributed by atoms with E-state index < -0.39 is 0 Å². The molecule has 0 radical (unpaired) electrons. The highest BCUT2D eigenvalue weighted by atomic mass is 16.6. The zero-order chi connectivity index (χ0) is 16.5. The van der Waals surface area contributed by atoms with Crippen LogP contribution < -0.4 is 5.32 Å². The number of aryl methyl sites for hydroxylation is 1. The van der Waals surface area contributed by atoms with Gasteiger partial charge in [-0.2, -0.15) is 0 Å². The summed E-state index contributed by atoms with van der Waals surface area (Å²) < 4.78 is 11.2. The van der Waals surface area contributed by atoms with Crippen molar-refractivity contribution in [3.8, 4) is 0 Å². The molecule has 2 fully saturated rings. The number of hydrogen-bond donors (Lipinski definition) is 1. The van der Waals surface area contributed by atoms with Crippen LogP contribution in [0.5, 0.6) is 0 Å². The Balaban J connectivity index is 0.000000925. The molecule has 5 heteroatoms. The Labute approximate surface area is 141 Å². The van der Waals surface area contributed by atoms with Gasteiger partial charge < -0.3 is 19.7 Å². The van der Waals surface area contributed by atoms with Crippen LogP contribution in [0.25, 0.3) is 0 Å². The first-order valence-electron chi connectivity index (χ1n) is 8.89. The van der Waals surface area contributed by atoms with Gasteiger partial charge in [-0.1, -0.05) is 13.8 Å². The van der Waals surface area contributed by atoms with Gasteiger partial charge in [-0.15, -0.1) is 0 Å². The predicted octanol–water partition coefficient (Wildman–Crippen LogP) is 2.95. The first kappa shape index (κ1) is 18.2. The van der Waals surface area contributed by atoms with Crippen LogP contribution in [-0.2, 0) is 9.47 Å². The third-order valence-electron chi connectivity index (χ3n) is 4.18. The van der Waals surface area contributed by atoms with E-state index in [0.29, 0.717) is 6.04 Å². The molecule has 3 rings (SSSR count). The molecular weight excluding hydrogens is 290 g/mol. The van der Waals surface area contributed by atoms with E-state index in [1.165, 1.54) is 18.4 Å². The lowest BCUT2D eigenvalue weighted by Crippen LogP contribution is -2.45. The maximum absolute atomic E-state index is 5.73. The number of anilines is 1. The molecular formula is C18H33N3O2. The molecule has 0 aliphatic carbocycles. The molecule has 23 heavy (non-hydrogen) atoms. The number of ether oxygens (including phenoxy) is 2. The van der Waals surface area contributed by atoms with Crippen molar-refractivity contribution in [1.82, 2.24) is 9.88 Å². The predicted molar refractivity (Wildman–Crippen MR) is 96.1 cm³/mol. The van der Waals surface area contributed by atoms with E-state index in [4.69, 9.17) is 9.47 Å². The lowest BCUT2D eigenvalue weighted by atomic mass is 10.0. The summed E-state index contributed by atoms with van der Waals surface area (Å²) in [7, 11) is 0. The van der Waals surface area contributed by atoms with Crippen LogP contribution >= 0.6 is 0 Å². The number of pyridine rings is 1. The Morgan fingerprint density at radius 1 is 1.26 bits per heavy atom. The number of piperidine rings is 1. The van der Waals surface area contributed by atoms with Gasteiger partial charge in [0.1, 0.15) is 0 Å². The minimum Gasteiger partial charge on any atom is -0.381 e. The molecule has 132 valence electrons. The van der Waals surface area contributed by atoms with Gasteiger partial charge in [-0.05, 0) is 31.4 Å². The zero-order valence-corrected chi connectivity index (χ0v) is 14.8. The van der Waals surface area contributed by atoms with Crippen molar-refractivity contribution in [3.05, 3.63) is 24.0 Å². The normalized spacial score (nSPS) is 23.0. The fraction of sp³-hybridized carbons (Fsp3) is 0.722. The van der Waals surface area contributed by atoms with Crippen LogP contribution in [-0.4, -0.2) is 61.5 Å². The molecule has 0 aromatic carbocycles. The number of aromatic nitrogens is 1. The van der Waals surface area contributed by atoms with E-state index in [2.05, 4.69) is 28.2 Å². The highest BCUT2D eigenvalue weighted by Gasteiger charge is 2.23. The summed E-state index contributed by atoms with van der Waals surface area (Å²) >= 11 is 0. The van der Waals surface area contributed by atoms with Crippen molar-refractivity contribution >= 4 is 5.69 Å². The van der Waals surface area contributed by atoms with Gasteiger partial charge in [-0.3, -0.25) is 4.98 Å². The van der Waals surface area contributed by atoms with Crippen molar-refractivity contribution in [1.29, 1.82) is 0 Å². The average Bonchev–Trinajstić information content (AvgIpc) is 2.59. The van der Waals surface area contributed by atoms with E-state index in [1.807, 2.05) is 26.2 Å². The molecule has 0 amide bonds. The summed E-state index contributed by atoms with van der Waals surface area (Å²) in [6, 6.07) is 2.71. The fourth-order valence-electron chi connectivity index (χ4n) is 3.06. The molecule has 0 saturated carbocycles. The van der Waals surface area contributed by atoms with Gasteiger partial charge in [0.05, 0.1) is 31.6 Å². The molecule has 1 atom stereocenters. The lowest BCUT2D eigenvalue weighted by molar-refractivity contribution is -0.0986. The summed E-state index contributed by atoms with van der Waals surface area (Å²) in [4.78, 5) is 6.73. The molecule has 1 unspecified atom stereocenters. The van der Waals surface area contributed by atoms with Gasteiger partial charge in [0.2, 0.25) is 0 Å². The van der Waals surface area contributed by atoms with Crippen molar-refractivity contribution in [3.63, 3.8) is 0 Å². The monoisotopic (exact) mass is 323 g/mol. The Morgan fingerprint density at radius 3 is 2.70 bits per heavy atom. The largest absolute Gasteiger partial charge is 0.381 e. The summed E-state index contributed by atoms with van der Waals surface area (Å²) in [5.74, 6) is 0. The second kappa shape index (κ2) is 9.85. The number of likely N-dealkylation sites (tertiary alicyclic amines) is 1. The Hall–Kier alpha value is -1.17. The molecule has 1 aromatic rings. The zero-order valence-electron chi connectivity index (χ0n) is 14.8. The maximum Gasteiger partial charge on any atom is 0.0936 e. The molecule has 2 aliphatic heterocycles. The first-order chi connectivity index (χ1) is 11.3. The highest BCUT2D eigenvalue weighted by molar-refractivity contribution is 5.43. The fourth-order valence-corrected chi connectivity index (χ4v) is 3.06. The third-order valence-corrected chi connectivity index (χ3v) is 4.18. The second-order valence-corrected chi connectivity index (χ2v) is 6.04. The van der Waals surface area contributed by atoms with Crippen LogP contribution in [0.3, 0.4) is 0 Å². The Morgan fingerprint density at radius 2 is 2.04 bits per heavy atom. The van der Waals surface area contributed by atoms with Crippen LogP contribution in [0.4, 0.5) is 5.69 Å². The van der Waals surface area contributed by atoms with Crippen LogP contribution in [0.2, 0.25) is 0 Å². The molecule has 0 bridgehead atoms. The highest BCUT2D eigenvalue weighted by Crippen LogP contribution is 2.17. The topological polar surface area (TPSA) is 46.6 Å². The van der Waals surface area contributed by atoms with Gasteiger partial charge >= 0.3 is 0 Å². The standard InChI is InChI=1S/C16H25N3O2.C2H6.H2/c1-13-8-15(10-17-9-13)18-14-2-4-19(5-3-14)11-16-12-20-6-7-21-16;1-2;/h8-10,14,16,18H,2-7,11-12H2,1H3;1-2H3;1H. The smallest absolute Gasteiger partial charge is 0.0936 e. The molecule has 2 aliphatic rings. The molecule has 5 nitrogen and oxygen atoms in total. The number of nitrogens with one attached hydrogen (secondary N) is 1.